The second kappa shape index (κ2) is 11.8. The quantitative estimate of drug-likeness (QED) is 0.452. The van der Waals surface area contributed by atoms with Crippen molar-refractivity contribution in [1.29, 1.82) is 0 Å². The average Bonchev–Trinajstić information content (AvgIpc) is 3.13. The highest BCUT2D eigenvalue weighted by Crippen LogP contribution is 2.31. The van der Waals surface area contributed by atoms with Gasteiger partial charge in [-0.25, -0.2) is 9.97 Å². The van der Waals surface area contributed by atoms with Gasteiger partial charge in [0.15, 0.2) is 17.3 Å². The number of alkyl halides is 2. The lowest BCUT2D eigenvalue weighted by Crippen LogP contribution is -2.31. The van der Waals surface area contributed by atoms with Crippen molar-refractivity contribution in [3.05, 3.63) is 34.5 Å². The smallest absolute Gasteiger partial charge is 0.387 e. The van der Waals surface area contributed by atoms with E-state index < -0.39 is 6.61 Å². The van der Waals surface area contributed by atoms with Gasteiger partial charge in [-0.3, -0.25) is 9.36 Å². The molecule has 0 aliphatic heterocycles. The van der Waals surface area contributed by atoms with Gasteiger partial charge in [0.05, 0.1) is 0 Å². The van der Waals surface area contributed by atoms with Gasteiger partial charge in [0, 0.05) is 19.2 Å². The molecule has 0 saturated heterocycles. The summed E-state index contributed by atoms with van der Waals surface area (Å²) in [5.41, 5.74) is 0.864. The first-order chi connectivity index (χ1) is 15.8. The number of nitrogens with one attached hydrogen (secondary N) is 1. The fourth-order valence-corrected chi connectivity index (χ4v) is 4.55. The number of imidazole rings is 1. The van der Waals surface area contributed by atoms with Crippen LogP contribution < -0.4 is 10.1 Å². The molecule has 0 bridgehead atoms. The van der Waals surface area contributed by atoms with E-state index in [0.29, 0.717) is 31.1 Å². The zero-order valence-electron chi connectivity index (χ0n) is 19.5. The molecule has 182 valence electrons. The number of rotatable bonds is 10. The molecule has 2 heterocycles. The number of aryl methyl sites for hydroxylation is 2. The lowest BCUT2D eigenvalue weighted by molar-refractivity contribution is -0.0501. The Morgan fingerprint density at radius 2 is 2.03 bits per heavy atom. The molecule has 2 aromatic heterocycles. The van der Waals surface area contributed by atoms with Gasteiger partial charge in [-0.2, -0.15) is 8.78 Å². The van der Waals surface area contributed by atoms with Crippen LogP contribution in [0.25, 0.3) is 5.82 Å². The summed E-state index contributed by atoms with van der Waals surface area (Å²) in [7, 11) is 0. The minimum absolute atomic E-state index is 0.0366. The first kappa shape index (κ1) is 25.4. The maximum Gasteiger partial charge on any atom is 0.387 e. The van der Waals surface area contributed by atoms with Gasteiger partial charge in [-0.1, -0.05) is 51.6 Å². The van der Waals surface area contributed by atoms with Gasteiger partial charge in [0.25, 0.3) is 5.91 Å². The number of carbonyl (C=O) groups excluding carboxylic acids is 1. The monoisotopic (exact) mass is 482 g/mol. The van der Waals surface area contributed by atoms with Crippen LogP contribution in [0.1, 0.15) is 81.2 Å². The zero-order valence-corrected chi connectivity index (χ0v) is 20.3. The minimum atomic E-state index is -3.01. The number of hydrogen-bond donors (Lipinski definition) is 1. The Hall–Kier alpha value is -2.22. The molecular weight excluding hydrogens is 450 g/mol. The van der Waals surface area contributed by atoms with E-state index in [-0.39, 0.29) is 28.3 Å². The van der Waals surface area contributed by atoms with Crippen molar-refractivity contribution in [2.24, 2.45) is 11.8 Å². The van der Waals surface area contributed by atoms with Crippen molar-refractivity contribution in [2.45, 2.75) is 78.7 Å². The molecule has 1 amide bonds. The minimum Gasteiger partial charge on any atom is -0.431 e. The van der Waals surface area contributed by atoms with E-state index in [9.17, 15) is 13.6 Å². The van der Waals surface area contributed by atoms with Crippen molar-refractivity contribution < 1.29 is 18.3 Å². The van der Waals surface area contributed by atoms with E-state index in [1.807, 2.05) is 6.92 Å². The molecule has 1 N–H and O–H groups in total. The normalized spacial score (nSPS) is 18.5. The van der Waals surface area contributed by atoms with Crippen LogP contribution >= 0.6 is 11.6 Å². The average molecular weight is 483 g/mol. The van der Waals surface area contributed by atoms with E-state index >= 15 is 0 Å². The number of nitrogens with zero attached hydrogens (tertiary/aromatic N) is 3. The van der Waals surface area contributed by atoms with Crippen LogP contribution in [0.15, 0.2) is 12.3 Å². The molecule has 9 heteroatoms. The molecule has 33 heavy (non-hydrogen) atoms. The van der Waals surface area contributed by atoms with E-state index in [2.05, 4.69) is 29.1 Å². The molecule has 3 rings (SSSR count). The number of unbranched alkanes of at least 4 members (excludes halogenated alkanes) is 1. The van der Waals surface area contributed by atoms with Gasteiger partial charge in [-0.15, -0.1) is 0 Å². The fraction of sp³-hybridized carbons (Fsp3) is 0.625. The summed E-state index contributed by atoms with van der Waals surface area (Å²) < 4.78 is 32.5. The lowest BCUT2D eigenvalue weighted by Gasteiger charge is -2.26. The Morgan fingerprint density at radius 1 is 1.30 bits per heavy atom. The van der Waals surface area contributed by atoms with E-state index in [1.165, 1.54) is 17.4 Å². The number of aromatic nitrogens is 3. The second-order valence-electron chi connectivity index (χ2n) is 8.84. The Bertz CT molecular complexity index is 943. The molecular formula is C24H33ClF2N4O2. The molecule has 2 aromatic rings. The van der Waals surface area contributed by atoms with E-state index in [0.717, 1.165) is 37.2 Å². The topological polar surface area (TPSA) is 69.0 Å². The maximum atomic E-state index is 13.1. The predicted octanol–water partition coefficient (Wildman–Crippen LogP) is 5.98. The Labute approximate surface area is 199 Å². The number of amides is 1. The third-order valence-electron chi connectivity index (χ3n) is 6.25. The SMILES string of the molecule is CCCCc1cnc(-n2c(CC)nc(C(=O)NCC3CCC(C)CC3)c2Cl)c(OC(F)F)c1. The standard InChI is InChI=1S/C24H33ClF2N4O2/c1-4-6-7-17-12-18(33-24(26)27)22(28-14-17)31-19(5-2)30-20(21(31)25)23(32)29-13-16-10-8-15(3)9-11-16/h12,14-16,24H,4-11,13H2,1-3H3,(H,29,32). The van der Waals surface area contributed by atoms with Gasteiger partial charge in [0.2, 0.25) is 0 Å². The molecule has 0 aromatic carbocycles. The predicted molar refractivity (Wildman–Crippen MR) is 124 cm³/mol. The fourth-order valence-electron chi connectivity index (χ4n) is 4.24. The summed E-state index contributed by atoms with van der Waals surface area (Å²) in [5.74, 6) is 1.27. The van der Waals surface area contributed by atoms with Crippen LogP contribution in [-0.2, 0) is 12.8 Å². The van der Waals surface area contributed by atoms with Crippen molar-refractivity contribution in [3.63, 3.8) is 0 Å². The summed E-state index contributed by atoms with van der Waals surface area (Å²) in [6.45, 7) is 3.71. The highest BCUT2D eigenvalue weighted by molar-refractivity contribution is 6.32. The van der Waals surface area contributed by atoms with Crippen LogP contribution in [0.4, 0.5) is 8.78 Å². The van der Waals surface area contributed by atoms with Gasteiger partial charge < -0.3 is 10.1 Å². The van der Waals surface area contributed by atoms with Crippen LogP contribution in [0.5, 0.6) is 5.75 Å². The van der Waals surface area contributed by atoms with Gasteiger partial charge in [0.1, 0.15) is 11.0 Å². The number of halogens is 3. The summed E-state index contributed by atoms with van der Waals surface area (Å²) in [4.78, 5) is 21.7. The highest BCUT2D eigenvalue weighted by Gasteiger charge is 2.26. The number of carbonyl (C=O) groups is 1. The van der Waals surface area contributed by atoms with Gasteiger partial charge >= 0.3 is 6.61 Å². The maximum absolute atomic E-state index is 13.1. The van der Waals surface area contributed by atoms with Crippen molar-refractivity contribution in [3.8, 4) is 11.6 Å². The molecule has 1 saturated carbocycles. The number of pyridine rings is 1. The summed E-state index contributed by atoms with van der Waals surface area (Å²) in [6.07, 6.45) is 9.16. The van der Waals surface area contributed by atoms with Crippen LogP contribution in [0.3, 0.4) is 0 Å². The molecule has 0 radical (unpaired) electrons. The zero-order chi connectivity index (χ0) is 24.0. The molecule has 1 fully saturated rings. The number of hydrogen-bond acceptors (Lipinski definition) is 4. The van der Waals surface area contributed by atoms with E-state index in [4.69, 9.17) is 16.3 Å². The first-order valence-corrected chi connectivity index (χ1v) is 12.2. The largest absolute Gasteiger partial charge is 0.431 e. The molecule has 6 nitrogen and oxygen atoms in total. The second-order valence-corrected chi connectivity index (χ2v) is 9.20. The third-order valence-corrected chi connectivity index (χ3v) is 6.59. The molecule has 1 aliphatic carbocycles. The van der Waals surface area contributed by atoms with Gasteiger partial charge in [-0.05, 0) is 49.1 Å². The molecule has 0 unspecified atom stereocenters. The Kier molecular flexibility index (Phi) is 9.06. The first-order valence-electron chi connectivity index (χ1n) is 11.8. The van der Waals surface area contributed by atoms with Crippen molar-refractivity contribution >= 4 is 17.5 Å². The molecule has 1 aliphatic rings. The third kappa shape index (κ3) is 6.43. The Balaban J connectivity index is 1.86. The molecule has 0 atom stereocenters. The number of ether oxygens (including phenoxy) is 1. The lowest BCUT2D eigenvalue weighted by atomic mass is 9.83. The van der Waals surface area contributed by atoms with Crippen LogP contribution in [0, 0.1) is 11.8 Å². The Morgan fingerprint density at radius 3 is 2.67 bits per heavy atom. The van der Waals surface area contributed by atoms with E-state index in [1.54, 1.807) is 12.3 Å². The summed E-state index contributed by atoms with van der Waals surface area (Å²) >= 11 is 6.57. The van der Waals surface area contributed by atoms with Crippen molar-refractivity contribution in [1.82, 2.24) is 19.9 Å². The highest BCUT2D eigenvalue weighted by atomic mass is 35.5. The molecule has 0 spiro atoms. The van der Waals surface area contributed by atoms with Crippen LogP contribution in [0.2, 0.25) is 5.15 Å². The summed E-state index contributed by atoms with van der Waals surface area (Å²) in [5, 5.41) is 2.99. The van der Waals surface area contributed by atoms with Crippen LogP contribution in [-0.4, -0.2) is 33.6 Å². The summed E-state index contributed by atoms with van der Waals surface area (Å²) in [6, 6.07) is 1.56. The van der Waals surface area contributed by atoms with Crippen molar-refractivity contribution in [2.75, 3.05) is 6.54 Å².